The lowest BCUT2D eigenvalue weighted by atomic mass is 10.1. The topological polar surface area (TPSA) is 15.3 Å². The fraction of sp³-hybridized carbons (Fsp3) is 0.750. The van der Waals surface area contributed by atoms with E-state index in [1.807, 2.05) is 11.3 Å². The van der Waals surface area contributed by atoms with Crippen molar-refractivity contribution in [2.24, 2.45) is 5.92 Å². The molecule has 0 amide bonds. The summed E-state index contributed by atoms with van der Waals surface area (Å²) in [5.41, 5.74) is 0. The van der Waals surface area contributed by atoms with E-state index >= 15 is 0 Å². The first-order valence-electron chi connectivity index (χ1n) is 7.73. The van der Waals surface area contributed by atoms with Crippen LogP contribution in [0, 0.1) is 5.92 Å². The number of thiophene rings is 1. The first-order valence-corrected chi connectivity index (χ1v) is 8.61. The first-order chi connectivity index (χ1) is 9.25. The van der Waals surface area contributed by atoms with Gasteiger partial charge in [0.25, 0.3) is 0 Å². The Hall–Kier alpha value is -0.380. The zero-order valence-corrected chi connectivity index (χ0v) is 13.2. The molecule has 0 radical (unpaired) electrons. The number of rotatable bonds is 10. The molecule has 1 aromatic heterocycles. The molecule has 1 aromatic rings. The Balaban J connectivity index is 1.54. The summed E-state index contributed by atoms with van der Waals surface area (Å²) >= 11 is 1.86. The Morgan fingerprint density at radius 3 is 2.79 bits per heavy atom. The summed E-state index contributed by atoms with van der Waals surface area (Å²) in [6.45, 7) is 9.41. The number of nitrogens with one attached hydrogen (secondary N) is 1. The molecule has 0 spiro atoms. The summed E-state index contributed by atoms with van der Waals surface area (Å²) in [6, 6.07) is 5.27. The first kappa shape index (κ1) is 15.0. The van der Waals surface area contributed by atoms with Gasteiger partial charge < -0.3 is 5.32 Å². The predicted octanol–water partition coefficient (Wildman–Crippen LogP) is 3.39. The van der Waals surface area contributed by atoms with Crippen molar-refractivity contribution in [3.05, 3.63) is 22.4 Å². The summed E-state index contributed by atoms with van der Waals surface area (Å²) in [5.74, 6) is 0.827. The second kappa shape index (κ2) is 8.03. The summed E-state index contributed by atoms with van der Waals surface area (Å²) in [6.07, 6.45) is 5.36. The van der Waals surface area contributed by atoms with Crippen molar-refractivity contribution in [2.75, 3.05) is 26.2 Å². The van der Waals surface area contributed by atoms with Crippen LogP contribution in [-0.2, 0) is 6.42 Å². The number of hydrogen-bond donors (Lipinski definition) is 1. The highest BCUT2D eigenvalue weighted by molar-refractivity contribution is 7.09. The van der Waals surface area contributed by atoms with Crippen LogP contribution >= 0.6 is 11.3 Å². The second-order valence-corrected chi connectivity index (χ2v) is 7.06. The van der Waals surface area contributed by atoms with E-state index in [4.69, 9.17) is 0 Å². The van der Waals surface area contributed by atoms with Crippen LogP contribution in [0.4, 0.5) is 0 Å². The minimum absolute atomic E-state index is 0.827. The van der Waals surface area contributed by atoms with Crippen molar-refractivity contribution in [1.29, 1.82) is 0 Å². The summed E-state index contributed by atoms with van der Waals surface area (Å²) < 4.78 is 0. The van der Waals surface area contributed by atoms with E-state index in [2.05, 4.69) is 41.6 Å². The maximum Gasteiger partial charge on any atom is 0.0110 e. The molecule has 1 heterocycles. The molecular formula is C16H28N2S. The van der Waals surface area contributed by atoms with E-state index in [0.29, 0.717) is 0 Å². The normalized spacial score (nSPS) is 15.6. The SMILES string of the molecule is CC(C)CCN(CCNCCc1cccs1)C1CC1. The molecule has 1 fully saturated rings. The Morgan fingerprint density at radius 2 is 2.16 bits per heavy atom. The van der Waals surface area contributed by atoms with Gasteiger partial charge in [-0.15, -0.1) is 11.3 Å². The second-order valence-electron chi connectivity index (χ2n) is 6.03. The van der Waals surface area contributed by atoms with Gasteiger partial charge in [-0.2, -0.15) is 0 Å². The van der Waals surface area contributed by atoms with Crippen LogP contribution in [0.15, 0.2) is 17.5 Å². The van der Waals surface area contributed by atoms with E-state index < -0.39 is 0 Å². The zero-order valence-electron chi connectivity index (χ0n) is 12.4. The molecule has 2 rings (SSSR count). The molecule has 1 N–H and O–H groups in total. The van der Waals surface area contributed by atoms with Gasteiger partial charge in [0, 0.05) is 30.6 Å². The van der Waals surface area contributed by atoms with Crippen LogP contribution < -0.4 is 5.32 Å². The van der Waals surface area contributed by atoms with Crippen molar-refractivity contribution in [3.63, 3.8) is 0 Å². The van der Waals surface area contributed by atoms with Gasteiger partial charge in [0.05, 0.1) is 0 Å². The van der Waals surface area contributed by atoms with E-state index in [-0.39, 0.29) is 0 Å². The third-order valence-corrected chi connectivity index (χ3v) is 4.70. The monoisotopic (exact) mass is 280 g/mol. The van der Waals surface area contributed by atoms with Crippen LogP contribution in [0.5, 0.6) is 0 Å². The van der Waals surface area contributed by atoms with Crippen LogP contribution in [0.1, 0.15) is 38.0 Å². The van der Waals surface area contributed by atoms with Gasteiger partial charge in [-0.1, -0.05) is 19.9 Å². The molecule has 0 aliphatic heterocycles. The Bertz CT molecular complexity index is 331. The molecular weight excluding hydrogens is 252 g/mol. The van der Waals surface area contributed by atoms with Gasteiger partial charge in [-0.05, 0) is 49.6 Å². The molecule has 19 heavy (non-hydrogen) atoms. The highest BCUT2D eigenvalue weighted by Gasteiger charge is 2.28. The van der Waals surface area contributed by atoms with Crippen molar-refractivity contribution >= 4 is 11.3 Å². The zero-order chi connectivity index (χ0) is 13.5. The average Bonchev–Trinajstić information content (AvgIpc) is 3.09. The molecule has 108 valence electrons. The van der Waals surface area contributed by atoms with E-state index in [0.717, 1.165) is 25.0 Å². The average molecular weight is 280 g/mol. The number of hydrogen-bond acceptors (Lipinski definition) is 3. The van der Waals surface area contributed by atoms with Crippen molar-refractivity contribution in [2.45, 2.75) is 45.6 Å². The largest absolute Gasteiger partial charge is 0.315 e. The van der Waals surface area contributed by atoms with Crippen molar-refractivity contribution in [3.8, 4) is 0 Å². The number of nitrogens with zero attached hydrogens (tertiary/aromatic N) is 1. The van der Waals surface area contributed by atoms with Gasteiger partial charge in [-0.25, -0.2) is 0 Å². The lowest BCUT2D eigenvalue weighted by Gasteiger charge is -2.23. The Labute approximate surface area is 122 Å². The van der Waals surface area contributed by atoms with Gasteiger partial charge >= 0.3 is 0 Å². The fourth-order valence-electron chi connectivity index (χ4n) is 2.35. The summed E-state index contributed by atoms with van der Waals surface area (Å²) in [7, 11) is 0. The standard InChI is InChI=1S/C16H28N2S/c1-14(2)8-11-18(15-5-6-15)12-10-17-9-7-16-4-3-13-19-16/h3-4,13-15,17H,5-12H2,1-2H3. The lowest BCUT2D eigenvalue weighted by Crippen LogP contribution is -2.35. The predicted molar refractivity (Wildman–Crippen MR) is 84.9 cm³/mol. The van der Waals surface area contributed by atoms with E-state index in [1.165, 1.54) is 43.6 Å². The fourth-order valence-corrected chi connectivity index (χ4v) is 3.06. The molecule has 2 nitrogen and oxygen atoms in total. The molecule has 1 saturated carbocycles. The van der Waals surface area contributed by atoms with Gasteiger partial charge in [-0.3, -0.25) is 4.90 Å². The lowest BCUT2D eigenvalue weighted by molar-refractivity contribution is 0.248. The Kier molecular flexibility index (Phi) is 6.35. The van der Waals surface area contributed by atoms with Crippen LogP contribution in [0.3, 0.4) is 0 Å². The van der Waals surface area contributed by atoms with Crippen molar-refractivity contribution in [1.82, 2.24) is 10.2 Å². The van der Waals surface area contributed by atoms with Crippen LogP contribution in [0.2, 0.25) is 0 Å². The quantitative estimate of drug-likeness (QED) is 0.661. The molecule has 0 saturated heterocycles. The summed E-state index contributed by atoms with van der Waals surface area (Å²) in [4.78, 5) is 4.18. The minimum atomic E-state index is 0.827. The molecule has 0 atom stereocenters. The minimum Gasteiger partial charge on any atom is -0.315 e. The molecule has 1 aliphatic carbocycles. The van der Waals surface area contributed by atoms with E-state index in [9.17, 15) is 0 Å². The van der Waals surface area contributed by atoms with E-state index in [1.54, 1.807) is 0 Å². The summed E-state index contributed by atoms with van der Waals surface area (Å²) in [5, 5.41) is 5.75. The van der Waals surface area contributed by atoms with Gasteiger partial charge in [0.1, 0.15) is 0 Å². The highest BCUT2D eigenvalue weighted by Crippen LogP contribution is 2.26. The maximum absolute atomic E-state index is 3.59. The highest BCUT2D eigenvalue weighted by atomic mass is 32.1. The van der Waals surface area contributed by atoms with Crippen LogP contribution in [-0.4, -0.2) is 37.1 Å². The Morgan fingerprint density at radius 1 is 1.32 bits per heavy atom. The third-order valence-electron chi connectivity index (χ3n) is 3.76. The molecule has 3 heteroatoms. The van der Waals surface area contributed by atoms with Crippen LogP contribution in [0.25, 0.3) is 0 Å². The third kappa shape index (κ3) is 6.07. The molecule has 1 aliphatic rings. The maximum atomic E-state index is 3.59. The van der Waals surface area contributed by atoms with Gasteiger partial charge in [0.15, 0.2) is 0 Å². The molecule has 0 aromatic carbocycles. The van der Waals surface area contributed by atoms with Gasteiger partial charge in [0.2, 0.25) is 0 Å². The smallest absolute Gasteiger partial charge is 0.0110 e. The van der Waals surface area contributed by atoms with Crippen molar-refractivity contribution < 1.29 is 0 Å². The molecule has 0 unspecified atom stereocenters. The molecule has 0 bridgehead atoms.